The van der Waals surface area contributed by atoms with Gasteiger partial charge in [-0.05, 0) is 49.4 Å². The van der Waals surface area contributed by atoms with Gasteiger partial charge in [-0.1, -0.05) is 65.7 Å². The number of benzene rings is 4. The molecule has 0 aliphatic heterocycles. The molecule has 194 valence electrons. The molecule has 1 atom stereocenters. The fraction of sp³-hybridized carbons (Fsp3) is 0.0667. The van der Waals surface area contributed by atoms with Crippen LogP contribution < -0.4 is 10.6 Å². The van der Waals surface area contributed by atoms with Crippen LogP contribution in [0.4, 0.5) is 11.4 Å². The Morgan fingerprint density at radius 3 is 2.21 bits per heavy atom. The minimum Gasteiger partial charge on any atom is -0.324 e. The molecule has 4 aromatic rings. The average Bonchev–Trinajstić information content (AvgIpc) is 2.91. The molecule has 0 saturated carbocycles. The summed E-state index contributed by atoms with van der Waals surface area (Å²) in [6.45, 7) is 1.73. The standard InChI is InChI=1S/C30H20Cl2N2O4S/c1-16(39-19-7-4-6-18(15-19)33-30(38)22-13-12-17(31)14-24(22)32)29(37)34-25-11-5-10-23-26(25)28(36)21-9-3-2-8-20(21)27(23)35/h2-16H,1H3,(H,33,38)(H,34,37). The highest BCUT2D eigenvalue weighted by Crippen LogP contribution is 2.33. The summed E-state index contributed by atoms with van der Waals surface area (Å²) in [5.41, 5.74) is 2.24. The van der Waals surface area contributed by atoms with Crippen molar-refractivity contribution in [3.63, 3.8) is 0 Å². The zero-order valence-electron chi connectivity index (χ0n) is 20.5. The number of halogens is 2. The van der Waals surface area contributed by atoms with Gasteiger partial charge in [0.15, 0.2) is 11.6 Å². The number of thioether (sulfide) groups is 1. The zero-order valence-corrected chi connectivity index (χ0v) is 22.8. The third-order valence-corrected chi connectivity index (χ3v) is 7.80. The molecule has 6 nitrogen and oxygen atoms in total. The number of rotatable bonds is 6. The van der Waals surface area contributed by atoms with E-state index in [4.69, 9.17) is 23.2 Å². The lowest BCUT2D eigenvalue weighted by Gasteiger charge is -2.21. The first-order valence-corrected chi connectivity index (χ1v) is 13.5. The summed E-state index contributed by atoms with van der Waals surface area (Å²) in [6.07, 6.45) is 0. The van der Waals surface area contributed by atoms with E-state index < -0.39 is 5.25 Å². The summed E-state index contributed by atoms with van der Waals surface area (Å²) < 4.78 is 0. The molecule has 9 heteroatoms. The third kappa shape index (κ3) is 5.47. The molecule has 0 fully saturated rings. The second kappa shape index (κ2) is 11.1. The van der Waals surface area contributed by atoms with E-state index >= 15 is 0 Å². The van der Waals surface area contributed by atoms with Crippen molar-refractivity contribution in [1.82, 2.24) is 0 Å². The quantitative estimate of drug-likeness (QED) is 0.210. The number of carbonyl (C=O) groups is 4. The van der Waals surface area contributed by atoms with Crippen LogP contribution >= 0.6 is 35.0 Å². The van der Waals surface area contributed by atoms with Gasteiger partial charge in [0.1, 0.15) is 0 Å². The van der Waals surface area contributed by atoms with Crippen LogP contribution in [0.2, 0.25) is 10.0 Å². The molecular formula is C30H20Cl2N2O4S. The Labute approximate surface area is 238 Å². The fourth-order valence-electron chi connectivity index (χ4n) is 4.26. The van der Waals surface area contributed by atoms with Gasteiger partial charge in [0.2, 0.25) is 5.91 Å². The second-order valence-electron chi connectivity index (χ2n) is 8.79. The fourth-order valence-corrected chi connectivity index (χ4v) is 5.68. The Balaban J connectivity index is 1.30. The summed E-state index contributed by atoms with van der Waals surface area (Å²) in [5.74, 6) is -1.28. The Kier molecular flexibility index (Phi) is 7.57. The van der Waals surface area contributed by atoms with Gasteiger partial charge in [-0.15, -0.1) is 11.8 Å². The predicted molar refractivity (Wildman–Crippen MR) is 155 cm³/mol. The largest absolute Gasteiger partial charge is 0.324 e. The first-order chi connectivity index (χ1) is 18.7. The molecule has 0 heterocycles. The van der Waals surface area contributed by atoms with E-state index in [2.05, 4.69) is 10.6 Å². The van der Waals surface area contributed by atoms with Crippen molar-refractivity contribution in [3.05, 3.63) is 123 Å². The Morgan fingerprint density at radius 1 is 0.769 bits per heavy atom. The van der Waals surface area contributed by atoms with E-state index in [0.717, 1.165) is 4.90 Å². The van der Waals surface area contributed by atoms with Crippen molar-refractivity contribution in [1.29, 1.82) is 0 Å². The van der Waals surface area contributed by atoms with Gasteiger partial charge in [-0.2, -0.15) is 0 Å². The van der Waals surface area contributed by atoms with Gasteiger partial charge in [0.25, 0.3) is 5.91 Å². The molecule has 0 saturated heterocycles. The van der Waals surface area contributed by atoms with E-state index in [1.54, 1.807) is 79.7 Å². The highest BCUT2D eigenvalue weighted by molar-refractivity contribution is 8.00. The summed E-state index contributed by atoms with van der Waals surface area (Å²) in [4.78, 5) is 52.8. The minimum absolute atomic E-state index is 0.192. The molecule has 1 aliphatic carbocycles. The first-order valence-electron chi connectivity index (χ1n) is 11.9. The van der Waals surface area contributed by atoms with Crippen molar-refractivity contribution >= 4 is 69.7 Å². The SMILES string of the molecule is CC(Sc1cccc(NC(=O)c2ccc(Cl)cc2Cl)c1)C(=O)Nc1cccc2c1C(=O)c1ccccc1C2=O. The van der Waals surface area contributed by atoms with Crippen LogP contribution in [0, 0.1) is 0 Å². The molecule has 0 bridgehead atoms. The number of carbonyl (C=O) groups excluding carboxylic acids is 4. The van der Waals surface area contributed by atoms with Crippen LogP contribution in [0.3, 0.4) is 0 Å². The normalized spacial score (nSPS) is 12.8. The molecule has 4 aromatic carbocycles. The van der Waals surface area contributed by atoms with E-state index in [9.17, 15) is 19.2 Å². The first kappa shape index (κ1) is 26.7. The van der Waals surface area contributed by atoms with Crippen LogP contribution in [-0.2, 0) is 4.79 Å². The van der Waals surface area contributed by atoms with E-state index in [1.165, 1.54) is 17.8 Å². The lowest BCUT2D eigenvalue weighted by Crippen LogP contribution is -2.27. The van der Waals surface area contributed by atoms with Crippen molar-refractivity contribution in [2.24, 2.45) is 0 Å². The third-order valence-electron chi connectivity index (χ3n) is 6.16. The van der Waals surface area contributed by atoms with Crippen molar-refractivity contribution in [2.75, 3.05) is 10.6 Å². The van der Waals surface area contributed by atoms with Crippen LogP contribution in [0.15, 0.2) is 89.8 Å². The molecule has 2 amide bonds. The van der Waals surface area contributed by atoms with Gasteiger partial charge >= 0.3 is 0 Å². The number of nitrogens with one attached hydrogen (secondary N) is 2. The molecular weight excluding hydrogens is 555 g/mol. The van der Waals surface area contributed by atoms with Crippen molar-refractivity contribution < 1.29 is 19.2 Å². The molecule has 1 unspecified atom stereocenters. The lowest BCUT2D eigenvalue weighted by molar-refractivity contribution is -0.115. The van der Waals surface area contributed by atoms with E-state index in [0.29, 0.717) is 27.5 Å². The summed E-state index contributed by atoms with van der Waals surface area (Å²) in [5, 5.41) is 5.74. The maximum absolute atomic E-state index is 13.2. The predicted octanol–water partition coefficient (Wildman–Crippen LogP) is 7.14. The van der Waals surface area contributed by atoms with Gasteiger partial charge in [-0.3, -0.25) is 19.2 Å². The monoisotopic (exact) mass is 574 g/mol. The highest BCUT2D eigenvalue weighted by atomic mass is 35.5. The number of anilines is 2. The molecule has 0 radical (unpaired) electrons. The molecule has 0 aromatic heterocycles. The van der Waals surface area contributed by atoms with Crippen molar-refractivity contribution in [2.45, 2.75) is 17.1 Å². The molecule has 2 N–H and O–H groups in total. The van der Waals surface area contributed by atoms with Gasteiger partial charge < -0.3 is 10.6 Å². The number of hydrogen-bond donors (Lipinski definition) is 2. The minimum atomic E-state index is -0.556. The molecule has 39 heavy (non-hydrogen) atoms. The van der Waals surface area contributed by atoms with Crippen LogP contribution in [0.5, 0.6) is 0 Å². The molecule has 1 aliphatic rings. The second-order valence-corrected chi connectivity index (χ2v) is 11.0. The number of amides is 2. The number of fused-ring (bicyclic) bond motifs is 2. The van der Waals surface area contributed by atoms with Gasteiger partial charge in [0.05, 0.1) is 27.1 Å². The maximum atomic E-state index is 13.2. The van der Waals surface area contributed by atoms with Gasteiger partial charge in [-0.25, -0.2) is 0 Å². The summed E-state index contributed by atoms with van der Waals surface area (Å²) in [6, 6.07) is 23.2. The smallest absolute Gasteiger partial charge is 0.257 e. The summed E-state index contributed by atoms with van der Waals surface area (Å²) in [7, 11) is 0. The van der Waals surface area contributed by atoms with Crippen LogP contribution in [0.1, 0.15) is 49.1 Å². The Morgan fingerprint density at radius 2 is 1.46 bits per heavy atom. The van der Waals surface area contributed by atoms with Gasteiger partial charge in [0, 0.05) is 32.3 Å². The number of hydrogen-bond acceptors (Lipinski definition) is 5. The molecule has 5 rings (SSSR count). The average molecular weight is 575 g/mol. The summed E-state index contributed by atoms with van der Waals surface area (Å²) >= 11 is 13.3. The topological polar surface area (TPSA) is 92.3 Å². The number of ketones is 2. The van der Waals surface area contributed by atoms with E-state index in [-0.39, 0.29) is 45.1 Å². The lowest BCUT2D eigenvalue weighted by atomic mass is 9.83. The Bertz CT molecular complexity index is 1670. The van der Waals surface area contributed by atoms with Crippen LogP contribution in [-0.4, -0.2) is 28.6 Å². The molecule has 0 spiro atoms. The Hall–Kier alpha value is -3.91. The van der Waals surface area contributed by atoms with Crippen LogP contribution in [0.25, 0.3) is 0 Å². The maximum Gasteiger partial charge on any atom is 0.257 e. The van der Waals surface area contributed by atoms with Crippen molar-refractivity contribution in [3.8, 4) is 0 Å². The zero-order chi connectivity index (χ0) is 27.7. The van der Waals surface area contributed by atoms with E-state index in [1.807, 2.05) is 6.07 Å². The highest BCUT2D eigenvalue weighted by Gasteiger charge is 2.32.